The number of aliphatic hydroxyl groups excluding tert-OH is 1. The fourth-order valence-electron chi connectivity index (χ4n) is 3.64. The van der Waals surface area contributed by atoms with Crippen LogP contribution in [0.2, 0.25) is 0 Å². The molecule has 1 fully saturated rings. The number of piperazine rings is 1. The summed E-state index contributed by atoms with van der Waals surface area (Å²) in [6, 6.07) is 12.7. The number of nitrogens with zero attached hydrogens (tertiary/aromatic N) is 2. The molecule has 0 saturated carbocycles. The molecule has 0 aliphatic carbocycles. The largest absolute Gasteiger partial charge is 0.491 e. The van der Waals surface area contributed by atoms with Gasteiger partial charge in [-0.25, -0.2) is 4.39 Å². The second kappa shape index (κ2) is 10.6. The summed E-state index contributed by atoms with van der Waals surface area (Å²) in [5.74, 6) is 0.700. The van der Waals surface area contributed by atoms with Gasteiger partial charge in [0.25, 0.3) is 0 Å². The number of hydrogen-bond donors (Lipinski definition) is 1. The third kappa shape index (κ3) is 6.42. The lowest BCUT2D eigenvalue weighted by Gasteiger charge is -2.36. The lowest BCUT2D eigenvalue weighted by atomic mass is 10.1. The van der Waals surface area contributed by atoms with Crippen LogP contribution in [0.3, 0.4) is 0 Å². The molecule has 1 aliphatic rings. The van der Waals surface area contributed by atoms with E-state index in [2.05, 4.69) is 9.80 Å². The number of halogens is 1. The lowest BCUT2D eigenvalue weighted by molar-refractivity contribution is 0.00707. The smallest absolute Gasteiger partial charge is 0.125 e. The fourth-order valence-corrected chi connectivity index (χ4v) is 3.64. The summed E-state index contributed by atoms with van der Waals surface area (Å²) >= 11 is 0. The van der Waals surface area contributed by atoms with E-state index in [4.69, 9.17) is 9.47 Å². The Hall–Kier alpha value is -2.15. The molecule has 0 aromatic heterocycles. The zero-order chi connectivity index (χ0) is 20.6. The third-order valence-electron chi connectivity index (χ3n) is 5.23. The molecular formula is C23H31FN2O3. The van der Waals surface area contributed by atoms with Crippen molar-refractivity contribution in [2.45, 2.75) is 20.0 Å². The molecule has 3 rings (SSSR count). The fraction of sp³-hybridized carbons (Fsp3) is 0.478. The Balaban J connectivity index is 1.30. The Kier molecular flexibility index (Phi) is 7.86. The normalized spacial score (nSPS) is 16.1. The van der Waals surface area contributed by atoms with Crippen molar-refractivity contribution < 1.29 is 19.0 Å². The molecule has 5 nitrogen and oxygen atoms in total. The van der Waals surface area contributed by atoms with E-state index in [1.54, 1.807) is 0 Å². The topological polar surface area (TPSA) is 45.2 Å². The second-order valence-electron chi connectivity index (χ2n) is 7.56. The summed E-state index contributed by atoms with van der Waals surface area (Å²) in [4.78, 5) is 4.48. The maximum Gasteiger partial charge on any atom is 0.125 e. The first-order valence-corrected chi connectivity index (χ1v) is 10.2. The number of anilines is 1. The van der Waals surface area contributed by atoms with Gasteiger partial charge in [-0.15, -0.1) is 0 Å². The van der Waals surface area contributed by atoms with Crippen molar-refractivity contribution in [3.63, 3.8) is 0 Å². The highest BCUT2D eigenvalue weighted by Crippen LogP contribution is 2.22. The Morgan fingerprint density at radius 2 is 1.62 bits per heavy atom. The summed E-state index contributed by atoms with van der Waals surface area (Å²) in [6.07, 6.45) is -0.521. The number of aryl methyl sites for hydroxylation is 2. The molecular weight excluding hydrogens is 371 g/mol. The van der Waals surface area contributed by atoms with Gasteiger partial charge in [0, 0.05) is 38.4 Å². The van der Waals surface area contributed by atoms with Crippen LogP contribution in [0.15, 0.2) is 42.5 Å². The minimum absolute atomic E-state index is 0.213. The molecule has 0 radical (unpaired) electrons. The van der Waals surface area contributed by atoms with Gasteiger partial charge in [0.05, 0.1) is 19.3 Å². The molecule has 0 unspecified atom stereocenters. The van der Waals surface area contributed by atoms with Gasteiger partial charge < -0.3 is 19.5 Å². The van der Waals surface area contributed by atoms with Crippen molar-refractivity contribution in [1.82, 2.24) is 4.90 Å². The molecule has 29 heavy (non-hydrogen) atoms. The lowest BCUT2D eigenvalue weighted by Crippen LogP contribution is -2.49. The van der Waals surface area contributed by atoms with E-state index >= 15 is 0 Å². The van der Waals surface area contributed by atoms with Crippen LogP contribution in [0.25, 0.3) is 0 Å². The van der Waals surface area contributed by atoms with Crippen LogP contribution >= 0.6 is 0 Å². The highest BCUT2D eigenvalue weighted by molar-refractivity contribution is 5.46. The molecule has 1 N–H and O–H groups in total. The number of rotatable bonds is 9. The van der Waals surface area contributed by atoms with Crippen molar-refractivity contribution >= 4 is 5.69 Å². The number of β-amino-alcohol motifs (C(OH)–C–C–N with tert-alkyl or cyclic N) is 1. The van der Waals surface area contributed by atoms with Gasteiger partial charge in [0.2, 0.25) is 0 Å². The molecule has 2 aromatic carbocycles. The summed E-state index contributed by atoms with van der Waals surface area (Å²) in [7, 11) is 0. The minimum Gasteiger partial charge on any atom is -0.491 e. The molecule has 1 aliphatic heterocycles. The number of para-hydroxylation sites is 1. The predicted octanol–water partition coefficient (Wildman–Crippen LogP) is 3.02. The van der Waals surface area contributed by atoms with Crippen molar-refractivity contribution in [3.8, 4) is 5.75 Å². The van der Waals surface area contributed by atoms with Crippen LogP contribution in [0.4, 0.5) is 10.1 Å². The summed E-state index contributed by atoms with van der Waals surface area (Å²) < 4.78 is 24.5. The summed E-state index contributed by atoms with van der Waals surface area (Å²) in [5, 5.41) is 10.3. The standard InChI is InChI=1S/C23H31FN2O3/c1-18-4-3-5-19(2)23(18)29-15-14-28-17-22(27)16-25-10-12-26(13-11-25)21-8-6-20(24)7-9-21/h3-9,22,27H,10-17H2,1-2H3/t22-/m0/s1. The summed E-state index contributed by atoms with van der Waals surface area (Å²) in [5.41, 5.74) is 3.27. The van der Waals surface area contributed by atoms with Crippen LogP contribution in [0, 0.1) is 19.7 Å². The van der Waals surface area contributed by atoms with E-state index in [9.17, 15) is 9.50 Å². The average molecular weight is 403 g/mol. The van der Waals surface area contributed by atoms with E-state index in [0.717, 1.165) is 48.7 Å². The number of ether oxygens (including phenoxy) is 2. The Morgan fingerprint density at radius 1 is 0.966 bits per heavy atom. The van der Waals surface area contributed by atoms with Crippen molar-refractivity contribution in [2.75, 3.05) is 57.4 Å². The van der Waals surface area contributed by atoms with Gasteiger partial charge in [0.1, 0.15) is 18.2 Å². The van der Waals surface area contributed by atoms with E-state index < -0.39 is 6.10 Å². The van der Waals surface area contributed by atoms with Crippen LogP contribution < -0.4 is 9.64 Å². The van der Waals surface area contributed by atoms with E-state index in [1.807, 2.05) is 44.2 Å². The van der Waals surface area contributed by atoms with Gasteiger partial charge in [0.15, 0.2) is 0 Å². The molecule has 1 atom stereocenters. The van der Waals surface area contributed by atoms with Gasteiger partial charge in [-0.2, -0.15) is 0 Å². The van der Waals surface area contributed by atoms with Crippen molar-refractivity contribution in [2.24, 2.45) is 0 Å². The molecule has 0 spiro atoms. The molecule has 1 saturated heterocycles. The van der Waals surface area contributed by atoms with Gasteiger partial charge >= 0.3 is 0 Å². The average Bonchev–Trinajstić information content (AvgIpc) is 2.71. The van der Waals surface area contributed by atoms with Crippen LogP contribution in [-0.4, -0.2) is 68.7 Å². The van der Waals surface area contributed by atoms with Crippen molar-refractivity contribution in [3.05, 3.63) is 59.4 Å². The first kappa shape index (κ1) is 21.6. The van der Waals surface area contributed by atoms with E-state index in [0.29, 0.717) is 26.4 Å². The Labute approximate surface area is 172 Å². The molecule has 158 valence electrons. The van der Waals surface area contributed by atoms with Crippen LogP contribution in [0.1, 0.15) is 11.1 Å². The van der Waals surface area contributed by atoms with Gasteiger partial charge in [-0.3, -0.25) is 4.90 Å². The number of hydrogen-bond acceptors (Lipinski definition) is 5. The highest BCUT2D eigenvalue weighted by Gasteiger charge is 2.19. The van der Waals surface area contributed by atoms with Crippen LogP contribution in [-0.2, 0) is 4.74 Å². The maximum atomic E-state index is 13.1. The van der Waals surface area contributed by atoms with Crippen molar-refractivity contribution in [1.29, 1.82) is 0 Å². The SMILES string of the molecule is Cc1cccc(C)c1OCCOC[C@@H](O)CN1CCN(c2ccc(F)cc2)CC1. The zero-order valence-corrected chi connectivity index (χ0v) is 17.3. The molecule has 0 bridgehead atoms. The molecule has 6 heteroatoms. The highest BCUT2D eigenvalue weighted by atomic mass is 19.1. The quantitative estimate of drug-likeness (QED) is 0.654. The van der Waals surface area contributed by atoms with E-state index in [-0.39, 0.29) is 5.82 Å². The number of benzene rings is 2. The second-order valence-corrected chi connectivity index (χ2v) is 7.56. The first-order valence-electron chi connectivity index (χ1n) is 10.2. The monoisotopic (exact) mass is 402 g/mol. The Morgan fingerprint density at radius 3 is 2.28 bits per heavy atom. The molecule has 2 aromatic rings. The Bertz CT molecular complexity index is 741. The van der Waals surface area contributed by atoms with Gasteiger partial charge in [-0.1, -0.05) is 18.2 Å². The third-order valence-corrected chi connectivity index (χ3v) is 5.23. The van der Waals surface area contributed by atoms with E-state index in [1.165, 1.54) is 12.1 Å². The molecule has 0 amide bonds. The number of aliphatic hydroxyl groups is 1. The van der Waals surface area contributed by atoms with Crippen LogP contribution in [0.5, 0.6) is 5.75 Å². The minimum atomic E-state index is -0.521. The maximum absolute atomic E-state index is 13.1. The first-order chi connectivity index (χ1) is 14.0. The van der Waals surface area contributed by atoms with Gasteiger partial charge in [-0.05, 0) is 49.2 Å². The molecule has 1 heterocycles. The summed E-state index contributed by atoms with van der Waals surface area (Å²) in [6.45, 7) is 9.33. The zero-order valence-electron chi connectivity index (χ0n) is 17.3. The predicted molar refractivity (Wildman–Crippen MR) is 113 cm³/mol.